The van der Waals surface area contributed by atoms with Crippen LogP contribution in [0.1, 0.15) is 65.9 Å². The summed E-state index contributed by atoms with van der Waals surface area (Å²) in [5.41, 5.74) is 2.17. The van der Waals surface area contributed by atoms with Crippen LogP contribution in [-0.4, -0.2) is 154 Å². The number of benzene rings is 2. The molecule has 8 heterocycles. The van der Waals surface area contributed by atoms with Crippen LogP contribution in [-0.2, 0) is 66.8 Å². The van der Waals surface area contributed by atoms with E-state index in [1.165, 1.54) is 17.2 Å². The number of ether oxygens (including phenoxy) is 3. The number of nitrogens with zero attached hydrogens (tertiary/aromatic N) is 8. The lowest BCUT2D eigenvalue weighted by Gasteiger charge is -2.41. The second kappa shape index (κ2) is 24.4. The topological polar surface area (TPSA) is 279 Å². The molecule has 4 aliphatic heterocycles. The van der Waals surface area contributed by atoms with Crippen molar-refractivity contribution in [2.75, 3.05) is 55.0 Å². The monoisotopic (exact) mass is 1260 g/mol. The molecular weight excluding hydrogens is 1190 g/mol. The minimum Gasteiger partial charge on any atom is -0.450 e. The van der Waals surface area contributed by atoms with Crippen molar-refractivity contribution in [3.8, 4) is 0 Å². The van der Waals surface area contributed by atoms with Crippen molar-refractivity contribution in [3.05, 3.63) is 96.2 Å². The predicted molar refractivity (Wildman–Crippen MR) is 319 cm³/mol. The van der Waals surface area contributed by atoms with Gasteiger partial charge in [0.15, 0.2) is 43.9 Å². The van der Waals surface area contributed by atoms with Crippen molar-refractivity contribution in [1.82, 2.24) is 39.4 Å². The van der Waals surface area contributed by atoms with Crippen LogP contribution in [0, 0.1) is 0 Å². The SMILES string of the molecule is CC(C)(C)[Si](C)(C)O[C@@H]1[C@@H]2OP(O)(=S)OC[C@H]3O[C@@H](n4cnc5c(NC(=O)c6ccccc6)nc(NCCNC(=O)OCC[Si](C)(C)C)nc54)[C@H](OP(O)(=S)OC[C@H]2O[C@H]1n1cc2c4c(ncnc41)N(C(=O)c1ccccc1)CCC2)[C@@H]3F. The second-order valence-electron chi connectivity index (χ2n) is 23.3. The van der Waals surface area contributed by atoms with Crippen LogP contribution in [0.15, 0.2) is 79.5 Å². The summed E-state index contributed by atoms with van der Waals surface area (Å²) in [5.74, 6) is -0.378. The Morgan fingerprint density at radius 2 is 1.49 bits per heavy atom. The van der Waals surface area contributed by atoms with Gasteiger partial charge in [0.2, 0.25) is 5.95 Å². The lowest BCUT2D eigenvalue weighted by atomic mass is 10.1. The lowest BCUT2D eigenvalue weighted by Crippen LogP contribution is -2.49. The van der Waals surface area contributed by atoms with Gasteiger partial charge in [0.25, 0.3) is 11.8 Å². The summed E-state index contributed by atoms with van der Waals surface area (Å²) in [7, 11) is -4.24. The smallest absolute Gasteiger partial charge is 0.407 e. The average molecular weight is 1260 g/mol. The first-order valence-electron chi connectivity index (χ1n) is 27.2. The Morgan fingerprint density at radius 3 is 2.18 bits per heavy atom. The van der Waals surface area contributed by atoms with Crippen LogP contribution in [0.5, 0.6) is 0 Å². The molecule has 0 saturated carbocycles. The molecule has 10 rings (SSSR count). The van der Waals surface area contributed by atoms with Gasteiger partial charge >= 0.3 is 19.5 Å². The van der Waals surface area contributed by atoms with E-state index < -0.39 is 104 Å². The van der Waals surface area contributed by atoms with E-state index in [-0.39, 0.29) is 47.0 Å². The van der Waals surface area contributed by atoms with Gasteiger partial charge in [-0.3, -0.25) is 28.1 Å². The van der Waals surface area contributed by atoms with Gasteiger partial charge in [-0.15, -0.1) is 0 Å². The molecular formula is C52H68FN11O13P2S2Si2. The zero-order valence-electron chi connectivity index (χ0n) is 47.0. The van der Waals surface area contributed by atoms with Gasteiger partial charge in [-0.2, -0.15) is 9.97 Å². The Labute approximate surface area is 491 Å². The third kappa shape index (κ3) is 13.6. The van der Waals surface area contributed by atoms with Crippen molar-refractivity contribution in [2.45, 2.75) is 127 Å². The molecule has 446 valence electrons. The van der Waals surface area contributed by atoms with Crippen molar-refractivity contribution in [2.24, 2.45) is 0 Å². The summed E-state index contributed by atoms with van der Waals surface area (Å²) in [6.07, 6.45) is -6.37. The molecule has 24 nitrogen and oxygen atoms in total. The summed E-state index contributed by atoms with van der Waals surface area (Å²) in [6.45, 7) is 7.57. The van der Waals surface area contributed by atoms with Crippen molar-refractivity contribution in [1.29, 1.82) is 0 Å². The van der Waals surface area contributed by atoms with Gasteiger partial charge in [0, 0.05) is 45.0 Å². The normalized spacial score (nSPS) is 27.0. The number of amides is 3. The summed E-state index contributed by atoms with van der Waals surface area (Å²) in [4.78, 5) is 89.1. The van der Waals surface area contributed by atoms with Gasteiger partial charge < -0.3 is 58.0 Å². The zero-order chi connectivity index (χ0) is 59.2. The number of nitrogens with one attached hydrogen (secondary N) is 3. The van der Waals surface area contributed by atoms with E-state index >= 15 is 4.39 Å². The van der Waals surface area contributed by atoms with E-state index in [0.717, 1.165) is 11.6 Å². The first-order chi connectivity index (χ1) is 39.3. The molecule has 3 saturated heterocycles. The molecule has 0 radical (unpaired) electrons. The third-order valence-electron chi connectivity index (χ3n) is 15.1. The first kappa shape index (κ1) is 61.0. The Kier molecular flexibility index (Phi) is 17.9. The number of carbonyl (C=O) groups is 3. The summed E-state index contributed by atoms with van der Waals surface area (Å²) in [5, 5.41) is 8.80. The highest BCUT2D eigenvalue weighted by Gasteiger charge is 2.56. The summed E-state index contributed by atoms with van der Waals surface area (Å²) < 4.78 is 70.7. The molecule has 4 aliphatic rings. The van der Waals surface area contributed by atoms with Gasteiger partial charge in [-0.05, 0) is 90.5 Å². The van der Waals surface area contributed by atoms with Crippen molar-refractivity contribution < 1.29 is 65.3 Å². The number of imidazole rings is 1. The highest BCUT2D eigenvalue weighted by molar-refractivity contribution is 8.07. The molecule has 83 heavy (non-hydrogen) atoms. The van der Waals surface area contributed by atoms with Gasteiger partial charge in [0.05, 0.1) is 31.5 Å². The van der Waals surface area contributed by atoms with E-state index in [0.29, 0.717) is 54.0 Å². The van der Waals surface area contributed by atoms with Crippen LogP contribution < -0.4 is 20.9 Å². The number of halogens is 1. The number of aryl methyl sites for hydroxylation is 1. The number of aromatic nitrogens is 7. The Morgan fingerprint density at radius 1 is 0.831 bits per heavy atom. The molecule has 31 heteroatoms. The van der Waals surface area contributed by atoms with Crippen LogP contribution in [0.4, 0.5) is 26.8 Å². The molecule has 2 unspecified atom stereocenters. The Balaban J connectivity index is 0.956. The molecule has 5 N–H and O–H groups in total. The van der Waals surface area contributed by atoms with E-state index in [1.807, 2.05) is 25.4 Å². The molecule has 0 spiro atoms. The number of carbonyl (C=O) groups excluding carboxylic acids is 3. The quantitative estimate of drug-likeness (QED) is 0.0389. The molecule has 3 amide bonds. The number of alkyl halides is 1. The second-order valence-corrected chi connectivity index (χ2v) is 39.3. The maximum absolute atomic E-state index is 17.2. The number of alkyl carbamates (subject to hydrolysis) is 1. The fourth-order valence-corrected chi connectivity index (χ4v) is 14.6. The van der Waals surface area contributed by atoms with E-state index in [2.05, 4.69) is 76.3 Å². The molecule has 0 aliphatic carbocycles. The van der Waals surface area contributed by atoms with E-state index in [1.54, 1.807) is 64.1 Å². The maximum atomic E-state index is 17.2. The summed E-state index contributed by atoms with van der Waals surface area (Å²) in [6, 6.07) is 18.2. The molecule has 2 bridgehead atoms. The first-order valence-corrected chi connectivity index (χ1v) is 39.0. The number of hydrogen-bond donors (Lipinski definition) is 5. The molecule has 3 fully saturated rings. The zero-order valence-corrected chi connectivity index (χ0v) is 52.5. The largest absolute Gasteiger partial charge is 0.450 e. The van der Waals surface area contributed by atoms with Crippen LogP contribution in [0.2, 0.25) is 43.8 Å². The van der Waals surface area contributed by atoms with Crippen LogP contribution in [0.3, 0.4) is 0 Å². The number of fused-ring (bicyclic) bond motifs is 4. The average Bonchev–Trinajstić information content (AvgIpc) is 2.42. The minimum atomic E-state index is -4.51. The third-order valence-corrected chi connectivity index (χ3v) is 24.4. The van der Waals surface area contributed by atoms with Crippen molar-refractivity contribution in [3.63, 3.8) is 0 Å². The number of anilines is 3. The molecule has 10 atom stereocenters. The lowest BCUT2D eigenvalue weighted by molar-refractivity contribution is -0.0602. The Bertz CT molecular complexity index is 3470. The highest BCUT2D eigenvalue weighted by Crippen LogP contribution is 2.56. The standard InChI is InChI=1S/C52H68FN11O13P2S2Si2/c1-52(2,3)83(7,8)77-41-39-35(74-49(41)63-26-33-20-15-23-62(43-36(33)44(63)57-29-56-43)47(66)32-18-13-10-14-19-32)28-72-79(69,81)76-40-37(53)34(27-71-78(68,80)75-39)73-48(40)64-30-58-38-42(59-46(65)31-16-11-9-12-17-31)60-50(61-45(38)64)54-21-22-55-51(67)70-24-25-82(4,5)6/h9-14,16-19,26,29-30,34-35,37,39-41,48-49H,15,20-25,27-28H2,1-8H3,(H,55,67)(H,68,80)(H,69,81)(H2,54,59,60,61,65)/t34-,35-,37-,39-,40-,41-,48-,49-,78?,79?/m1/s1. The number of hydrogen-bond acceptors (Lipinski definition) is 19. The van der Waals surface area contributed by atoms with E-state index in [4.69, 9.17) is 65.3 Å². The molecule has 2 aromatic carbocycles. The van der Waals surface area contributed by atoms with Gasteiger partial charge in [0.1, 0.15) is 48.3 Å². The minimum absolute atomic E-state index is 0.0152. The van der Waals surface area contributed by atoms with E-state index in [9.17, 15) is 24.2 Å². The number of rotatable bonds is 14. The van der Waals surface area contributed by atoms with Gasteiger partial charge in [-0.1, -0.05) is 76.8 Å². The predicted octanol–water partition coefficient (Wildman–Crippen LogP) is 8.37. The highest BCUT2D eigenvalue weighted by atomic mass is 32.5. The summed E-state index contributed by atoms with van der Waals surface area (Å²) >= 11 is 11.4. The fourth-order valence-electron chi connectivity index (χ4n) is 9.78. The van der Waals surface area contributed by atoms with Crippen LogP contribution >= 0.6 is 13.4 Å². The fraction of sp³-hybridized carbons (Fsp3) is 0.500. The van der Waals surface area contributed by atoms with Crippen LogP contribution in [0.25, 0.3) is 22.2 Å². The van der Waals surface area contributed by atoms with Crippen molar-refractivity contribution >= 4 is 111 Å². The Hall–Kier alpha value is -5.08. The maximum Gasteiger partial charge on any atom is 0.407 e. The van der Waals surface area contributed by atoms with Gasteiger partial charge in [-0.25, -0.2) is 24.1 Å². The molecule has 6 aromatic rings. The molecule has 4 aromatic heterocycles.